The number of hydrogen-bond acceptors (Lipinski definition) is 1. The van der Waals surface area contributed by atoms with Crippen LogP contribution in [0.4, 0.5) is 10.7 Å². The number of hydrogen-bond donors (Lipinski definition) is 0. The molecule has 0 unspecified atom stereocenters. The van der Waals surface area contributed by atoms with Crippen LogP contribution in [0.25, 0.3) is 0 Å². The van der Waals surface area contributed by atoms with Gasteiger partial charge < -0.3 is 12.6 Å². The first kappa shape index (κ1) is 9.82. The zero-order chi connectivity index (χ0) is 5.58. The summed E-state index contributed by atoms with van der Waals surface area (Å²) in [6.07, 6.45) is 1.58. The molecule has 0 atom stereocenters. The molecule has 0 aliphatic carbocycles. The van der Waals surface area contributed by atoms with Crippen LogP contribution >= 0.6 is 0 Å². The Labute approximate surface area is 45.4 Å². The summed E-state index contributed by atoms with van der Waals surface area (Å²) in [4.78, 5) is 0. The van der Waals surface area contributed by atoms with Crippen molar-refractivity contribution in [2.45, 2.75) is 0 Å². The molecule has 0 rings (SSSR count). The third-order valence-electron chi connectivity index (χ3n) is 0. The van der Waals surface area contributed by atoms with Gasteiger partial charge in [0.2, 0.25) is 0 Å². The van der Waals surface area contributed by atoms with Gasteiger partial charge in [-0.2, -0.15) is 6.26 Å². The van der Waals surface area contributed by atoms with E-state index in [1.54, 1.807) is 6.26 Å². The molecule has 0 nitrogen and oxygen atoms in total. The Balaban J connectivity index is 0. The average molecular weight is 168 g/mol. The normalized spacial score (nSPS) is 8.50. The molecule has 0 aromatic carbocycles. The van der Waals surface area contributed by atoms with Crippen LogP contribution in [-0.4, -0.2) is 6.26 Å². The Hall–Kier alpha value is 0.659. The maximum absolute atomic E-state index is 9.69. The van der Waals surface area contributed by atoms with Crippen molar-refractivity contribution in [1.29, 1.82) is 0 Å². The molecule has 0 aromatic rings. The summed E-state index contributed by atoms with van der Waals surface area (Å²) in [7, 11) is 0. The molecule has 0 radical (unpaired) electrons. The van der Waals surface area contributed by atoms with Crippen LogP contribution in [0.5, 0.6) is 0 Å². The molecule has 5 heteroatoms. The molecule has 0 aliphatic heterocycles. The molecule has 0 amide bonds. The van der Waals surface area contributed by atoms with Gasteiger partial charge in [0.1, 0.15) is 0 Å². The summed E-state index contributed by atoms with van der Waals surface area (Å²) in [5, 5.41) is 0. The van der Waals surface area contributed by atoms with E-state index >= 15 is 0 Å². The predicted octanol–water partition coefficient (Wildman–Crippen LogP) is 1.42. The van der Waals surface area contributed by atoms with Crippen molar-refractivity contribution in [3.05, 3.63) is 0 Å². The molecule has 47 valence electrons. The van der Waals surface area contributed by atoms with E-state index in [1.807, 2.05) is 0 Å². The van der Waals surface area contributed by atoms with Crippen LogP contribution in [0, 0.1) is 0 Å². The Kier molecular flexibility index (Phi) is 15.0. The first-order chi connectivity index (χ1) is 2.73. The second-order valence-electron chi connectivity index (χ2n) is 0.129. The summed E-state index contributed by atoms with van der Waals surface area (Å²) in [6.45, 7) is 0. The van der Waals surface area contributed by atoms with E-state index in [2.05, 4.69) is 12.6 Å². The molecule has 0 fully saturated rings. The van der Waals surface area contributed by atoms with Crippen LogP contribution < -0.4 is 0 Å². The van der Waals surface area contributed by atoms with Crippen molar-refractivity contribution in [3.8, 4) is 0 Å². The van der Waals surface area contributed by atoms with E-state index in [4.69, 9.17) is 0 Å². The van der Waals surface area contributed by atoms with Crippen LogP contribution in [0.2, 0.25) is 0 Å². The monoisotopic (exact) mass is 167 g/mol. The van der Waals surface area contributed by atoms with Crippen LogP contribution in [0.15, 0.2) is 0 Å². The van der Waals surface area contributed by atoms with E-state index in [0.717, 1.165) is 0 Å². The van der Waals surface area contributed by atoms with Crippen molar-refractivity contribution in [1.82, 2.24) is 0 Å². The molecule has 0 aliphatic rings. The van der Waals surface area contributed by atoms with Crippen molar-refractivity contribution < 1.29 is 25.9 Å². The minimum absolute atomic E-state index is 1.58. The van der Waals surface area contributed by atoms with Gasteiger partial charge in [-0.15, -0.1) is 0 Å². The van der Waals surface area contributed by atoms with Gasteiger partial charge in [0, 0.05) is 0 Å². The molecular weight excluding hydrogens is 165 g/mol. The van der Waals surface area contributed by atoms with Gasteiger partial charge in [0.05, 0.1) is 0 Å². The SMILES string of the molecule is C[S-].[F][Cu-]([F])[F]. The molecule has 0 spiro atoms. The summed E-state index contributed by atoms with van der Waals surface area (Å²) >= 11 is 0.271. The standard InChI is InChI=1S/CH4S.Cu.3FH/c1-2;;;;/h2H,1H3;;3*1H/q;+2;;;/p-4. The molecule has 0 saturated carbocycles. The van der Waals surface area contributed by atoms with Crippen molar-refractivity contribution >= 4 is 12.6 Å². The van der Waals surface area contributed by atoms with E-state index in [0.29, 0.717) is 0 Å². The van der Waals surface area contributed by atoms with Gasteiger partial charge in [0.15, 0.2) is 0 Å². The van der Waals surface area contributed by atoms with Gasteiger partial charge >= 0.3 is 25.9 Å². The van der Waals surface area contributed by atoms with Crippen molar-refractivity contribution in [3.63, 3.8) is 0 Å². The Bertz CT molecular complexity index is 15.5. The van der Waals surface area contributed by atoms with Crippen molar-refractivity contribution in [2.24, 2.45) is 0 Å². The average Bonchev–Trinajstić information content (AvgIpc) is 1.41. The molecule has 0 aromatic heterocycles. The minimum atomic E-state index is -3.81. The van der Waals surface area contributed by atoms with Gasteiger partial charge in [0.25, 0.3) is 0 Å². The second kappa shape index (κ2) is 9.18. The molecule has 0 heterocycles. The van der Waals surface area contributed by atoms with Gasteiger partial charge in [-0.3, -0.25) is 0 Å². The van der Waals surface area contributed by atoms with Crippen LogP contribution in [-0.2, 0) is 27.9 Å². The van der Waals surface area contributed by atoms with Gasteiger partial charge in [-0.25, -0.2) is 0 Å². The van der Waals surface area contributed by atoms with Crippen LogP contribution in [0.1, 0.15) is 0 Å². The zero-order valence-corrected chi connectivity index (χ0v) is 4.60. The van der Waals surface area contributed by atoms with Crippen LogP contribution in [0.3, 0.4) is 0 Å². The Morgan fingerprint density at radius 2 is 1.17 bits per heavy atom. The van der Waals surface area contributed by atoms with E-state index < -0.39 is 15.3 Å². The fourth-order valence-corrected chi connectivity index (χ4v) is 0. The molecule has 0 bridgehead atoms. The fraction of sp³-hybridized carbons (Fsp3) is 1.00. The van der Waals surface area contributed by atoms with E-state index in [1.165, 1.54) is 0 Å². The maximum atomic E-state index is 9.69. The second-order valence-corrected chi connectivity index (χ2v) is 0.533. The fourth-order valence-electron chi connectivity index (χ4n) is 0. The summed E-state index contributed by atoms with van der Waals surface area (Å²) in [5.74, 6) is 0. The Morgan fingerprint density at radius 1 is 1.17 bits per heavy atom. The van der Waals surface area contributed by atoms with E-state index in [-0.39, 0.29) is 0 Å². The van der Waals surface area contributed by atoms with Crippen molar-refractivity contribution in [2.75, 3.05) is 6.26 Å². The van der Waals surface area contributed by atoms with E-state index in [9.17, 15) is 10.7 Å². The third-order valence-corrected chi connectivity index (χ3v) is 0. The predicted molar refractivity (Wildman–Crippen MR) is 16.6 cm³/mol. The zero-order valence-electron chi connectivity index (χ0n) is 2.84. The topological polar surface area (TPSA) is 0 Å². The summed E-state index contributed by atoms with van der Waals surface area (Å²) in [6, 6.07) is 0. The Morgan fingerprint density at radius 3 is 1.17 bits per heavy atom. The first-order valence-electron chi connectivity index (χ1n) is 0.750. The number of rotatable bonds is 0. The quantitative estimate of drug-likeness (QED) is 0.389. The summed E-state index contributed by atoms with van der Waals surface area (Å²) < 4.78 is 29.1. The molecule has 6 heavy (non-hydrogen) atoms. The molecule has 0 N–H and O–H groups in total. The molecular formula is CH3CuF3S-2. The first-order valence-corrected chi connectivity index (χ1v) is 2.63. The van der Waals surface area contributed by atoms with Gasteiger partial charge in [-0.05, 0) is 0 Å². The van der Waals surface area contributed by atoms with Gasteiger partial charge in [-0.1, -0.05) is 0 Å². The molecule has 0 saturated heterocycles. The summed E-state index contributed by atoms with van der Waals surface area (Å²) in [5.41, 5.74) is 0. The third kappa shape index (κ3) is 143. The number of halogens is 3.